The standard InChI is InChI=1S/C10H19NO2/c1-4-13-10(12)6-5-7-11-8-9(2)3/h5-6,9,11H,4,7-8H2,1-3H3/b6-5+. The van der Waals surface area contributed by atoms with Gasteiger partial charge in [0.15, 0.2) is 0 Å². The number of hydrogen-bond acceptors (Lipinski definition) is 3. The van der Waals surface area contributed by atoms with E-state index >= 15 is 0 Å². The third-order valence-electron chi connectivity index (χ3n) is 1.36. The first-order valence-electron chi connectivity index (χ1n) is 4.70. The predicted molar refractivity (Wildman–Crippen MR) is 53.5 cm³/mol. The molecule has 0 atom stereocenters. The van der Waals surface area contributed by atoms with Crippen LogP contribution in [0.1, 0.15) is 20.8 Å². The highest BCUT2D eigenvalue weighted by atomic mass is 16.5. The molecule has 0 spiro atoms. The maximum Gasteiger partial charge on any atom is 0.330 e. The molecule has 0 aromatic rings. The van der Waals surface area contributed by atoms with Crippen LogP contribution in [-0.4, -0.2) is 25.7 Å². The van der Waals surface area contributed by atoms with Gasteiger partial charge < -0.3 is 10.1 Å². The zero-order valence-electron chi connectivity index (χ0n) is 8.67. The smallest absolute Gasteiger partial charge is 0.330 e. The number of esters is 1. The van der Waals surface area contributed by atoms with E-state index in [1.807, 2.05) is 0 Å². The molecule has 0 heterocycles. The Hall–Kier alpha value is -0.830. The van der Waals surface area contributed by atoms with Crippen molar-refractivity contribution in [3.8, 4) is 0 Å². The molecule has 3 heteroatoms. The Morgan fingerprint density at radius 2 is 2.23 bits per heavy atom. The van der Waals surface area contributed by atoms with Crippen molar-refractivity contribution in [2.45, 2.75) is 20.8 Å². The van der Waals surface area contributed by atoms with Crippen LogP contribution in [-0.2, 0) is 9.53 Å². The van der Waals surface area contributed by atoms with Crippen molar-refractivity contribution >= 4 is 5.97 Å². The second-order valence-electron chi connectivity index (χ2n) is 3.21. The summed E-state index contributed by atoms with van der Waals surface area (Å²) in [4.78, 5) is 10.8. The lowest BCUT2D eigenvalue weighted by molar-refractivity contribution is -0.137. The van der Waals surface area contributed by atoms with E-state index in [1.54, 1.807) is 13.0 Å². The lowest BCUT2D eigenvalue weighted by Crippen LogP contribution is -2.19. The zero-order chi connectivity index (χ0) is 10.1. The van der Waals surface area contributed by atoms with Crippen LogP contribution in [0.2, 0.25) is 0 Å². The highest BCUT2D eigenvalue weighted by molar-refractivity contribution is 5.81. The van der Waals surface area contributed by atoms with Gasteiger partial charge in [0.1, 0.15) is 0 Å². The molecule has 0 radical (unpaired) electrons. The van der Waals surface area contributed by atoms with Crippen molar-refractivity contribution in [1.29, 1.82) is 0 Å². The largest absolute Gasteiger partial charge is 0.463 e. The SMILES string of the molecule is CCOC(=O)/C=C/CNCC(C)C. The highest BCUT2D eigenvalue weighted by Gasteiger charge is 1.92. The van der Waals surface area contributed by atoms with Gasteiger partial charge >= 0.3 is 5.97 Å². The topological polar surface area (TPSA) is 38.3 Å². The van der Waals surface area contributed by atoms with Gasteiger partial charge in [0, 0.05) is 12.6 Å². The van der Waals surface area contributed by atoms with E-state index in [0.29, 0.717) is 12.5 Å². The summed E-state index contributed by atoms with van der Waals surface area (Å²) < 4.78 is 4.72. The van der Waals surface area contributed by atoms with Gasteiger partial charge in [0.2, 0.25) is 0 Å². The van der Waals surface area contributed by atoms with E-state index in [2.05, 4.69) is 19.2 Å². The molecule has 0 rings (SSSR count). The van der Waals surface area contributed by atoms with Crippen LogP contribution in [0.15, 0.2) is 12.2 Å². The van der Waals surface area contributed by atoms with Crippen LogP contribution in [0.4, 0.5) is 0 Å². The van der Waals surface area contributed by atoms with Crippen LogP contribution < -0.4 is 5.32 Å². The molecular weight excluding hydrogens is 166 g/mol. The second kappa shape index (κ2) is 7.80. The quantitative estimate of drug-likeness (QED) is 0.385. The molecule has 0 unspecified atom stereocenters. The normalized spacial score (nSPS) is 11.1. The van der Waals surface area contributed by atoms with Crippen LogP contribution in [0.3, 0.4) is 0 Å². The average Bonchev–Trinajstić information content (AvgIpc) is 2.03. The fourth-order valence-corrected chi connectivity index (χ4v) is 0.801. The minimum Gasteiger partial charge on any atom is -0.463 e. The molecule has 0 aromatic heterocycles. The van der Waals surface area contributed by atoms with Gasteiger partial charge in [-0.3, -0.25) is 0 Å². The van der Waals surface area contributed by atoms with E-state index in [1.165, 1.54) is 6.08 Å². The van der Waals surface area contributed by atoms with E-state index < -0.39 is 0 Å². The number of nitrogens with one attached hydrogen (secondary N) is 1. The third kappa shape index (κ3) is 9.08. The highest BCUT2D eigenvalue weighted by Crippen LogP contribution is 1.86. The van der Waals surface area contributed by atoms with Crippen LogP contribution in [0.25, 0.3) is 0 Å². The molecule has 3 nitrogen and oxygen atoms in total. The fraction of sp³-hybridized carbons (Fsp3) is 0.700. The van der Waals surface area contributed by atoms with E-state index in [9.17, 15) is 4.79 Å². The van der Waals surface area contributed by atoms with Gasteiger partial charge in [-0.15, -0.1) is 0 Å². The summed E-state index contributed by atoms with van der Waals surface area (Å²) in [5, 5.41) is 3.19. The summed E-state index contributed by atoms with van der Waals surface area (Å²) in [6, 6.07) is 0. The number of hydrogen-bond donors (Lipinski definition) is 1. The van der Waals surface area contributed by atoms with Crippen molar-refractivity contribution in [3.63, 3.8) is 0 Å². The van der Waals surface area contributed by atoms with Gasteiger partial charge in [-0.25, -0.2) is 4.79 Å². The number of carbonyl (C=O) groups is 1. The Balaban J connectivity index is 3.35. The Morgan fingerprint density at radius 1 is 1.54 bits per heavy atom. The van der Waals surface area contributed by atoms with Gasteiger partial charge in [-0.2, -0.15) is 0 Å². The first-order chi connectivity index (χ1) is 6.16. The minimum absolute atomic E-state index is 0.270. The molecular formula is C10H19NO2. The number of ether oxygens (including phenoxy) is 1. The van der Waals surface area contributed by atoms with E-state index in [-0.39, 0.29) is 5.97 Å². The summed E-state index contributed by atoms with van der Waals surface area (Å²) in [5.74, 6) is 0.366. The first-order valence-corrected chi connectivity index (χ1v) is 4.70. The third-order valence-corrected chi connectivity index (χ3v) is 1.36. The molecule has 0 aromatic carbocycles. The summed E-state index contributed by atoms with van der Waals surface area (Å²) in [5.41, 5.74) is 0. The van der Waals surface area contributed by atoms with Crippen molar-refractivity contribution in [2.75, 3.05) is 19.7 Å². The molecule has 0 saturated carbocycles. The van der Waals surface area contributed by atoms with Crippen LogP contribution in [0.5, 0.6) is 0 Å². The van der Waals surface area contributed by atoms with Crippen molar-refractivity contribution in [1.82, 2.24) is 5.32 Å². The van der Waals surface area contributed by atoms with Crippen molar-refractivity contribution in [2.24, 2.45) is 5.92 Å². The monoisotopic (exact) mass is 185 g/mol. The van der Waals surface area contributed by atoms with Gasteiger partial charge in [-0.05, 0) is 19.4 Å². The molecule has 0 aliphatic rings. The molecule has 1 N–H and O–H groups in total. The van der Waals surface area contributed by atoms with Crippen molar-refractivity contribution < 1.29 is 9.53 Å². The predicted octanol–water partition coefficient (Wildman–Crippen LogP) is 1.35. The van der Waals surface area contributed by atoms with Gasteiger partial charge in [0.25, 0.3) is 0 Å². The Kier molecular flexibility index (Phi) is 7.30. The maximum atomic E-state index is 10.8. The number of carbonyl (C=O) groups excluding carboxylic acids is 1. The second-order valence-corrected chi connectivity index (χ2v) is 3.21. The minimum atomic E-state index is -0.270. The molecule has 0 saturated heterocycles. The van der Waals surface area contributed by atoms with Gasteiger partial charge in [0.05, 0.1) is 6.61 Å². The Morgan fingerprint density at radius 3 is 2.77 bits per heavy atom. The Labute approximate surface area is 80.2 Å². The fourth-order valence-electron chi connectivity index (χ4n) is 0.801. The first kappa shape index (κ1) is 12.2. The maximum absolute atomic E-state index is 10.8. The average molecular weight is 185 g/mol. The van der Waals surface area contributed by atoms with Crippen LogP contribution in [0, 0.1) is 5.92 Å². The summed E-state index contributed by atoms with van der Waals surface area (Å²) in [7, 11) is 0. The molecule has 0 amide bonds. The zero-order valence-corrected chi connectivity index (χ0v) is 8.67. The number of rotatable bonds is 6. The van der Waals surface area contributed by atoms with Gasteiger partial charge in [-0.1, -0.05) is 19.9 Å². The molecule has 0 aliphatic heterocycles. The lowest BCUT2D eigenvalue weighted by atomic mass is 10.2. The molecule has 0 bridgehead atoms. The summed E-state index contributed by atoms with van der Waals surface area (Å²) >= 11 is 0. The van der Waals surface area contributed by atoms with Crippen LogP contribution >= 0.6 is 0 Å². The summed E-state index contributed by atoms with van der Waals surface area (Å²) in [6.07, 6.45) is 3.23. The van der Waals surface area contributed by atoms with E-state index in [0.717, 1.165) is 13.1 Å². The van der Waals surface area contributed by atoms with Crippen molar-refractivity contribution in [3.05, 3.63) is 12.2 Å². The molecule has 0 fully saturated rings. The Bertz CT molecular complexity index is 164. The molecule has 76 valence electrons. The summed E-state index contributed by atoms with van der Waals surface area (Å²) in [6.45, 7) is 8.19. The molecule has 13 heavy (non-hydrogen) atoms. The molecule has 0 aliphatic carbocycles. The van der Waals surface area contributed by atoms with E-state index in [4.69, 9.17) is 4.74 Å². The lowest BCUT2D eigenvalue weighted by Gasteiger charge is -2.03.